The molecule has 9 nitrogen and oxygen atoms in total. The summed E-state index contributed by atoms with van der Waals surface area (Å²) >= 11 is 0. The third kappa shape index (κ3) is 4.65. The third-order valence-electron chi connectivity index (χ3n) is 4.73. The number of hydrogen-bond donors (Lipinski definition) is 5. The van der Waals surface area contributed by atoms with Gasteiger partial charge in [-0.3, -0.25) is 9.46 Å². The molecule has 0 amide bonds. The van der Waals surface area contributed by atoms with Gasteiger partial charge in [0, 0.05) is 47.0 Å². The van der Waals surface area contributed by atoms with Crippen LogP contribution in [0.3, 0.4) is 0 Å². The molecule has 2 atom stereocenters. The van der Waals surface area contributed by atoms with Gasteiger partial charge in [0.1, 0.15) is 5.82 Å². The van der Waals surface area contributed by atoms with E-state index in [1.54, 1.807) is 35.1 Å². The summed E-state index contributed by atoms with van der Waals surface area (Å²) in [5, 5.41) is 21.3. The number of aliphatic hydroxyl groups is 1. The fourth-order valence-electron chi connectivity index (χ4n) is 3.17. The number of benzene rings is 2. The molecule has 1 unspecified atom stereocenters. The average molecular weight is 438 g/mol. The lowest BCUT2D eigenvalue weighted by Crippen LogP contribution is -2.21. The molecule has 0 spiro atoms. The Morgan fingerprint density at radius 3 is 2.71 bits per heavy atom. The molecule has 0 bridgehead atoms. The standard InChI is InChI=1S/C21H23N7O2S/c1-13(12-29)24-20-18(14-3-8-19-15(9-14)11-28(2)27-19)10-23-21(26-20)25-16-4-6-17(7-5-16)31(22)30/h3-11,13,22,29,31H,12H2,1-2H3,(H2,23,24,25,26)/t13-/m1/s1. The highest BCUT2D eigenvalue weighted by Crippen LogP contribution is 2.30. The lowest BCUT2D eigenvalue weighted by molar-refractivity contribution is 0.281. The molecule has 31 heavy (non-hydrogen) atoms. The van der Waals surface area contributed by atoms with Gasteiger partial charge in [-0.2, -0.15) is 10.1 Å². The predicted octanol–water partition coefficient (Wildman–Crippen LogP) is 3.17. The van der Waals surface area contributed by atoms with E-state index in [2.05, 4.69) is 25.7 Å². The first-order valence-corrected chi connectivity index (χ1v) is 10.9. The van der Waals surface area contributed by atoms with Crippen molar-refractivity contribution in [1.29, 1.82) is 4.78 Å². The quantitative estimate of drug-likeness (QED) is 0.281. The minimum Gasteiger partial charge on any atom is -0.394 e. The number of thiol groups is 1. The molecular weight excluding hydrogens is 414 g/mol. The molecule has 0 fully saturated rings. The molecular formula is C21H23N7O2S. The number of fused-ring (bicyclic) bond motifs is 1. The van der Waals surface area contributed by atoms with Gasteiger partial charge in [-0.25, -0.2) is 9.19 Å². The second-order valence-electron chi connectivity index (χ2n) is 7.23. The SMILES string of the molecule is C[C@H](CO)Nc1nc(Nc2ccc([SH](=N)=O)cc2)ncc1-c1ccc2nn(C)cc2c1. The first kappa shape index (κ1) is 20.8. The maximum atomic E-state index is 11.3. The number of hydrogen-bond acceptors (Lipinski definition) is 8. The zero-order valence-electron chi connectivity index (χ0n) is 17.1. The van der Waals surface area contributed by atoms with Crippen LogP contribution in [0.2, 0.25) is 0 Å². The highest BCUT2D eigenvalue weighted by molar-refractivity contribution is 7.73. The van der Waals surface area contributed by atoms with Crippen molar-refractivity contribution in [3.63, 3.8) is 0 Å². The van der Waals surface area contributed by atoms with Crippen LogP contribution in [0.15, 0.2) is 59.8 Å². The molecule has 0 radical (unpaired) electrons. The van der Waals surface area contributed by atoms with Crippen LogP contribution in [0.5, 0.6) is 0 Å². The van der Waals surface area contributed by atoms with Crippen molar-refractivity contribution >= 4 is 39.0 Å². The first-order valence-electron chi connectivity index (χ1n) is 9.67. The van der Waals surface area contributed by atoms with E-state index in [0.717, 1.165) is 22.0 Å². The van der Waals surface area contributed by atoms with Crippen LogP contribution < -0.4 is 10.6 Å². The minimum atomic E-state index is -2.12. The van der Waals surface area contributed by atoms with Crippen LogP contribution in [0.4, 0.5) is 17.5 Å². The summed E-state index contributed by atoms with van der Waals surface area (Å²) in [7, 11) is -0.242. The van der Waals surface area contributed by atoms with Crippen molar-refractivity contribution < 1.29 is 9.32 Å². The normalized spacial score (nSPS) is 13.1. The summed E-state index contributed by atoms with van der Waals surface area (Å²) < 4.78 is 20.4. The summed E-state index contributed by atoms with van der Waals surface area (Å²) in [5.74, 6) is 0.968. The first-order chi connectivity index (χ1) is 14.9. The Bertz CT molecular complexity index is 1290. The molecule has 10 heteroatoms. The van der Waals surface area contributed by atoms with Crippen LogP contribution >= 0.6 is 0 Å². The van der Waals surface area contributed by atoms with Crippen LogP contribution in [-0.4, -0.2) is 41.7 Å². The Morgan fingerprint density at radius 1 is 1.23 bits per heavy atom. The van der Waals surface area contributed by atoms with E-state index in [9.17, 15) is 9.32 Å². The maximum Gasteiger partial charge on any atom is 0.229 e. The summed E-state index contributed by atoms with van der Waals surface area (Å²) in [6.07, 6.45) is 3.68. The zero-order chi connectivity index (χ0) is 22.0. The monoisotopic (exact) mass is 437 g/mol. The number of rotatable bonds is 7. The third-order valence-corrected chi connectivity index (χ3v) is 5.50. The Balaban J connectivity index is 1.69. The van der Waals surface area contributed by atoms with Gasteiger partial charge >= 0.3 is 0 Å². The summed E-state index contributed by atoms with van der Waals surface area (Å²) in [5.41, 5.74) is 3.36. The van der Waals surface area contributed by atoms with Crippen molar-refractivity contribution in [3.8, 4) is 11.1 Å². The van der Waals surface area contributed by atoms with Gasteiger partial charge in [0.2, 0.25) is 5.95 Å². The lowest BCUT2D eigenvalue weighted by atomic mass is 10.1. The van der Waals surface area contributed by atoms with E-state index in [1.807, 2.05) is 38.4 Å². The van der Waals surface area contributed by atoms with Crippen LogP contribution in [0.1, 0.15) is 6.92 Å². The second kappa shape index (κ2) is 8.70. The number of aromatic nitrogens is 4. The van der Waals surface area contributed by atoms with Crippen molar-refractivity contribution in [2.75, 3.05) is 17.2 Å². The molecule has 0 aliphatic heterocycles. The molecule has 0 saturated carbocycles. The average Bonchev–Trinajstić information content (AvgIpc) is 3.13. The van der Waals surface area contributed by atoms with Gasteiger partial charge in [-0.05, 0) is 48.9 Å². The van der Waals surface area contributed by atoms with Crippen molar-refractivity contribution in [2.24, 2.45) is 7.05 Å². The summed E-state index contributed by atoms with van der Waals surface area (Å²) in [6.45, 7) is 1.82. The van der Waals surface area contributed by atoms with Gasteiger partial charge < -0.3 is 15.7 Å². The predicted molar refractivity (Wildman–Crippen MR) is 122 cm³/mol. The van der Waals surface area contributed by atoms with Gasteiger partial charge in [-0.15, -0.1) is 0 Å². The lowest BCUT2D eigenvalue weighted by Gasteiger charge is -2.16. The number of nitrogens with zero attached hydrogens (tertiary/aromatic N) is 4. The van der Waals surface area contributed by atoms with Crippen LogP contribution in [-0.2, 0) is 17.6 Å². The van der Waals surface area contributed by atoms with E-state index in [4.69, 9.17) is 4.78 Å². The van der Waals surface area contributed by atoms with Gasteiger partial charge in [0.25, 0.3) is 0 Å². The van der Waals surface area contributed by atoms with Gasteiger partial charge in [-0.1, -0.05) is 6.07 Å². The fraction of sp³-hybridized carbons (Fsp3) is 0.190. The molecule has 160 valence electrons. The zero-order valence-corrected chi connectivity index (χ0v) is 18.0. The van der Waals surface area contributed by atoms with Crippen molar-refractivity contribution in [3.05, 3.63) is 54.9 Å². The van der Waals surface area contributed by atoms with Gasteiger partial charge in [0.15, 0.2) is 0 Å². The van der Waals surface area contributed by atoms with Crippen LogP contribution in [0.25, 0.3) is 22.0 Å². The van der Waals surface area contributed by atoms with E-state index in [1.165, 1.54) is 0 Å². The topological polar surface area (TPSA) is 129 Å². The summed E-state index contributed by atoms with van der Waals surface area (Å²) in [6, 6.07) is 12.5. The Morgan fingerprint density at radius 2 is 2.00 bits per heavy atom. The highest BCUT2D eigenvalue weighted by Gasteiger charge is 2.13. The minimum absolute atomic E-state index is 0.0411. The van der Waals surface area contributed by atoms with Crippen molar-refractivity contribution in [2.45, 2.75) is 17.9 Å². The molecule has 2 aromatic heterocycles. The largest absolute Gasteiger partial charge is 0.394 e. The van der Waals surface area contributed by atoms with E-state index >= 15 is 0 Å². The molecule has 4 N–H and O–H groups in total. The molecule has 2 heterocycles. The Kier molecular flexibility index (Phi) is 5.83. The van der Waals surface area contributed by atoms with Crippen molar-refractivity contribution in [1.82, 2.24) is 19.7 Å². The summed E-state index contributed by atoms with van der Waals surface area (Å²) in [4.78, 5) is 9.52. The molecule has 0 saturated heterocycles. The number of aryl methyl sites for hydroxylation is 1. The van der Waals surface area contributed by atoms with Crippen LogP contribution in [0, 0.1) is 4.78 Å². The molecule has 0 aliphatic rings. The molecule has 0 aliphatic carbocycles. The molecule has 4 rings (SSSR count). The van der Waals surface area contributed by atoms with Gasteiger partial charge in [0.05, 0.1) is 22.7 Å². The fourth-order valence-corrected chi connectivity index (χ4v) is 3.59. The van der Waals surface area contributed by atoms with E-state index in [0.29, 0.717) is 22.3 Å². The number of aliphatic hydroxyl groups excluding tert-OH is 1. The highest BCUT2D eigenvalue weighted by atomic mass is 32.2. The van der Waals surface area contributed by atoms with E-state index < -0.39 is 10.6 Å². The Labute approximate surface area is 181 Å². The Hall–Kier alpha value is -3.50. The smallest absolute Gasteiger partial charge is 0.229 e. The number of anilines is 3. The molecule has 2 aromatic carbocycles. The number of nitrogens with one attached hydrogen (secondary N) is 3. The molecule has 4 aromatic rings. The second-order valence-corrected chi connectivity index (χ2v) is 8.33. The van der Waals surface area contributed by atoms with E-state index in [-0.39, 0.29) is 12.6 Å². The maximum absolute atomic E-state index is 11.3.